The lowest BCUT2D eigenvalue weighted by Crippen LogP contribution is -2.48. The van der Waals surface area contributed by atoms with Crippen molar-refractivity contribution in [2.24, 2.45) is 0 Å². The van der Waals surface area contributed by atoms with Gasteiger partial charge in [-0.15, -0.1) is 0 Å². The van der Waals surface area contributed by atoms with E-state index in [1.54, 1.807) is 41.2 Å². The fourth-order valence-electron chi connectivity index (χ4n) is 3.03. The second-order valence-corrected chi connectivity index (χ2v) is 6.55. The minimum Gasteiger partial charge on any atom is -0.497 e. The fourth-order valence-corrected chi connectivity index (χ4v) is 3.03. The molecule has 1 aliphatic heterocycles. The van der Waals surface area contributed by atoms with Gasteiger partial charge in [-0.2, -0.15) is 0 Å². The molecule has 0 aromatic heterocycles. The first-order valence-corrected chi connectivity index (χ1v) is 9.10. The zero-order valence-electron chi connectivity index (χ0n) is 15.8. The van der Waals surface area contributed by atoms with Crippen molar-refractivity contribution in [2.75, 3.05) is 33.3 Å². The quantitative estimate of drug-likeness (QED) is 0.770. The Labute approximate surface area is 163 Å². The first kappa shape index (κ1) is 19.4. The molecular weight excluding hydrogens is 358 g/mol. The van der Waals surface area contributed by atoms with Crippen LogP contribution in [0.4, 0.5) is 0 Å². The molecule has 0 atom stereocenters. The Morgan fingerprint density at radius 2 is 1.71 bits per heavy atom. The molecule has 1 fully saturated rings. The van der Waals surface area contributed by atoms with Gasteiger partial charge in [-0.25, -0.2) is 0 Å². The van der Waals surface area contributed by atoms with E-state index in [4.69, 9.17) is 4.74 Å². The predicted octanol–water partition coefficient (Wildman–Crippen LogP) is 1.54. The van der Waals surface area contributed by atoms with E-state index in [0.29, 0.717) is 43.9 Å². The largest absolute Gasteiger partial charge is 0.497 e. The lowest BCUT2D eigenvalue weighted by molar-refractivity contribution is -0.119. The standard InChI is InChI=1S/C21H23N3O4/c1-28-19-7-5-16(6-8-19)14-22-20(26)17-3-2-4-18(13-17)21(27)24-11-9-23(15-25)10-12-24/h2-8,13,15H,9-12,14H2,1H3,(H,22,26). The zero-order chi connectivity index (χ0) is 19.9. The highest BCUT2D eigenvalue weighted by Gasteiger charge is 2.22. The molecule has 1 saturated heterocycles. The van der Waals surface area contributed by atoms with Gasteiger partial charge >= 0.3 is 0 Å². The molecule has 7 nitrogen and oxygen atoms in total. The molecule has 0 bridgehead atoms. The van der Waals surface area contributed by atoms with Crippen molar-refractivity contribution in [3.63, 3.8) is 0 Å². The Morgan fingerprint density at radius 1 is 1.04 bits per heavy atom. The van der Waals surface area contributed by atoms with Crippen LogP contribution in [0, 0.1) is 0 Å². The van der Waals surface area contributed by atoms with Gasteiger partial charge in [-0.05, 0) is 35.9 Å². The molecule has 0 spiro atoms. The number of rotatable bonds is 6. The second-order valence-electron chi connectivity index (χ2n) is 6.55. The maximum absolute atomic E-state index is 12.7. The Bertz CT molecular complexity index is 843. The average Bonchev–Trinajstić information content (AvgIpc) is 2.77. The van der Waals surface area contributed by atoms with E-state index in [0.717, 1.165) is 17.7 Å². The molecule has 28 heavy (non-hydrogen) atoms. The van der Waals surface area contributed by atoms with E-state index < -0.39 is 0 Å². The van der Waals surface area contributed by atoms with Crippen molar-refractivity contribution in [3.8, 4) is 5.75 Å². The number of hydrogen-bond donors (Lipinski definition) is 1. The SMILES string of the molecule is COc1ccc(CNC(=O)c2cccc(C(=O)N3CCN(C=O)CC3)c2)cc1. The summed E-state index contributed by atoms with van der Waals surface area (Å²) in [7, 11) is 1.60. The maximum Gasteiger partial charge on any atom is 0.253 e. The average molecular weight is 381 g/mol. The number of carbonyl (C=O) groups is 3. The molecular formula is C21H23N3O4. The molecule has 1 aliphatic rings. The Morgan fingerprint density at radius 3 is 2.36 bits per heavy atom. The van der Waals surface area contributed by atoms with Crippen molar-refractivity contribution >= 4 is 18.2 Å². The summed E-state index contributed by atoms with van der Waals surface area (Å²) >= 11 is 0. The van der Waals surface area contributed by atoms with Crippen LogP contribution >= 0.6 is 0 Å². The van der Waals surface area contributed by atoms with Gasteiger partial charge in [0, 0.05) is 43.9 Å². The minimum absolute atomic E-state index is 0.129. The van der Waals surface area contributed by atoms with E-state index in [9.17, 15) is 14.4 Å². The Hall–Kier alpha value is -3.35. The van der Waals surface area contributed by atoms with E-state index in [-0.39, 0.29) is 11.8 Å². The van der Waals surface area contributed by atoms with E-state index in [1.807, 2.05) is 24.3 Å². The van der Waals surface area contributed by atoms with Crippen LogP contribution in [0.15, 0.2) is 48.5 Å². The molecule has 1 N–H and O–H groups in total. The van der Waals surface area contributed by atoms with Crippen molar-refractivity contribution in [2.45, 2.75) is 6.54 Å². The summed E-state index contributed by atoms with van der Waals surface area (Å²) in [5, 5.41) is 2.86. The molecule has 0 aliphatic carbocycles. The predicted molar refractivity (Wildman–Crippen MR) is 104 cm³/mol. The highest BCUT2D eigenvalue weighted by molar-refractivity contribution is 5.99. The molecule has 3 amide bonds. The monoisotopic (exact) mass is 381 g/mol. The number of nitrogens with zero attached hydrogens (tertiary/aromatic N) is 2. The highest BCUT2D eigenvalue weighted by Crippen LogP contribution is 2.13. The first-order valence-electron chi connectivity index (χ1n) is 9.10. The van der Waals surface area contributed by atoms with Gasteiger partial charge in [0.05, 0.1) is 7.11 Å². The summed E-state index contributed by atoms with van der Waals surface area (Å²) < 4.78 is 5.12. The molecule has 0 radical (unpaired) electrons. The van der Waals surface area contributed by atoms with Crippen molar-refractivity contribution in [3.05, 3.63) is 65.2 Å². The van der Waals surface area contributed by atoms with Gasteiger partial charge in [-0.1, -0.05) is 18.2 Å². The van der Waals surface area contributed by atoms with Crippen LogP contribution in [0.2, 0.25) is 0 Å². The highest BCUT2D eigenvalue weighted by atomic mass is 16.5. The molecule has 0 saturated carbocycles. The van der Waals surface area contributed by atoms with Crippen LogP contribution in [0.25, 0.3) is 0 Å². The van der Waals surface area contributed by atoms with Crippen LogP contribution in [0.1, 0.15) is 26.3 Å². The summed E-state index contributed by atoms with van der Waals surface area (Å²) in [6.07, 6.45) is 0.801. The third-order valence-corrected chi connectivity index (χ3v) is 4.73. The van der Waals surface area contributed by atoms with E-state index >= 15 is 0 Å². The van der Waals surface area contributed by atoms with Crippen molar-refractivity contribution in [1.29, 1.82) is 0 Å². The van der Waals surface area contributed by atoms with Crippen LogP contribution in [0.3, 0.4) is 0 Å². The molecule has 2 aromatic carbocycles. The number of nitrogens with one attached hydrogen (secondary N) is 1. The van der Waals surface area contributed by atoms with Gasteiger partial charge in [0.1, 0.15) is 5.75 Å². The molecule has 7 heteroatoms. The van der Waals surface area contributed by atoms with Crippen LogP contribution in [-0.4, -0.2) is 61.3 Å². The second kappa shape index (κ2) is 9.03. The number of amides is 3. The van der Waals surface area contributed by atoms with Crippen molar-refractivity contribution < 1.29 is 19.1 Å². The van der Waals surface area contributed by atoms with Crippen LogP contribution in [0.5, 0.6) is 5.75 Å². The first-order chi connectivity index (χ1) is 13.6. The topological polar surface area (TPSA) is 79.0 Å². The third-order valence-electron chi connectivity index (χ3n) is 4.73. The lowest BCUT2D eigenvalue weighted by Gasteiger charge is -2.32. The van der Waals surface area contributed by atoms with Crippen LogP contribution in [-0.2, 0) is 11.3 Å². The van der Waals surface area contributed by atoms with Gasteiger partial charge in [-0.3, -0.25) is 14.4 Å². The van der Waals surface area contributed by atoms with Gasteiger partial charge in [0.2, 0.25) is 6.41 Å². The summed E-state index contributed by atoms with van der Waals surface area (Å²) in [4.78, 5) is 39.3. The normalized spacial score (nSPS) is 13.8. The summed E-state index contributed by atoms with van der Waals surface area (Å²) in [5.74, 6) is 0.391. The van der Waals surface area contributed by atoms with Gasteiger partial charge < -0.3 is 19.9 Å². The lowest BCUT2D eigenvalue weighted by atomic mass is 10.1. The van der Waals surface area contributed by atoms with E-state index in [1.165, 1.54) is 0 Å². The smallest absolute Gasteiger partial charge is 0.253 e. The number of methoxy groups -OCH3 is 1. The molecule has 1 heterocycles. The summed E-state index contributed by atoms with van der Waals surface area (Å²) in [5.41, 5.74) is 1.86. The maximum atomic E-state index is 12.7. The number of piperazine rings is 1. The Kier molecular flexibility index (Phi) is 6.26. The number of hydrogen-bond acceptors (Lipinski definition) is 4. The fraction of sp³-hybridized carbons (Fsp3) is 0.286. The third kappa shape index (κ3) is 4.68. The van der Waals surface area contributed by atoms with Gasteiger partial charge in [0.25, 0.3) is 11.8 Å². The molecule has 146 valence electrons. The zero-order valence-corrected chi connectivity index (χ0v) is 15.8. The van der Waals surface area contributed by atoms with Crippen molar-refractivity contribution in [1.82, 2.24) is 15.1 Å². The summed E-state index contributed by atoms with van der Waals surface area (Å²) in [6.45, 7) is 2.42. The van der Waals surface area contributed by atoms with Gasteiger partial charge in [0.15, 0.2) is 0 Å². The molecule has 3 rings (SSSR count). The number of benzene rings is 2. The van der Waals surface area contributed by atoms with E-state index in [2.05, 4.69) is 5.32 Å². The molecule has 0 unspecified atom stereocenters. The number of carbonyl (C=O) groups excluding carboxylic acids is 3. The Balaban J connectivity index is 1.60. The van der Waals surface area contributed by atoms with Crippen LogP contribution < -0.4 is 10.1 Å². The number of ether oxygens (including phenoxy) is 1. The molecule has 2 aromatic rings. The summed E-state index contributed by atoms with van der Waals surface area (Å²) in [6, 6.07) is 14.2. The minimum atomic E-state index is -0.240.